The van der Waals surface area contributed by atoms with Gasteiger partial charge < -0.3 is 15.4 Å². The molecule has 2 aromatic heterocycles. The van der Waals surface area contributed by atoms with E-state index >= 15 is 0 Å². The number of nitrogens with zero attached hydrogens (tertiary/aromatic N) is 3. The summed E-state index contributed by atoms with van der Waals surface area (Å²) >= 11 is 0. The van der Waals surface area contributed by atoms with Gasteiger partial charge in [0, 0.05) is 30.6 Å². The summed E-state index contributed by atoms with van der Waals surface area (Å²) in [7, 11) is 1.92. The van der Waals surface area contributed by atoms with E-state index in [1.54, 1.807) is 6.20 Å². The number of hydrogen-bond acceptors (Lipinski definition) is 4. The third kappa shape index (κ3) is 3.26. The lowest BCUT2D eigenvalue weighted by Gasteiger charge is -2.21. The molecule has 0 aliphatic carbocycles. The summed E-state index contributed by atoms with van der Waals surface area (Å²) in [6.45, 7) is 6.52. The zero-order valence-electron chi connectivity index (χ0n) is 14.5. The molecule has 0 bridgehead atoms. The number of urea groups is 1. The Labute approximate surface area is 141 Å². The summed E-state index contributed by atoms with van der Waals surface area (Å²) in [4.78, 5) is 16.5. The van der Waals surface area contributed by atoms with Gasteiger partial charge in [-0.25, -0.2) is 4.79 Å². The van der Waals surface area contributed by atoms with Gasteiger partial charge in [-0.3, -0.25) is 9.67 Å². The maximum absolute atomic E-state index is 12.3. The Hall–Kier alpha value is -2.41. The summed E-state index contributed by atoms with van der Waals surface area (Å²) in [5.74, 6) is 0. The van der Waals surface area contributed by atoms with Crippen LogP contribution < -0.4 is 10.6 Å². The van der Waals surface area contributed by atoms with Crippen LogP contribution in [0.15, 0.2) is 18.3 Å². The van der Waals surface area contributed by atoms with Gasteiger partial charge >= 0.3 is 6.03 Å². The predicted molar refractivity (Wildman–Crippen MR) is 90.9 cm³/mol. The second-order valence-electron chi connectivity index (χ2n) is 6.18. The van der Waals surface area contributed by atoms with Crippen molar-refractivity contribution >= 4 is 11.7 Å². The Morgan fingerprint density at radius 3 is 2.75 bits per heavy atom. The summed E-state index contributed by atoms with van der Waals surface area (Å²) in [5, 5.41) is 10.3. The molecule has 7 heteroatoms. The lowest BCUT2D eigenvalue weighted by Crippen LogP contribution is -2.39. The molecule has 7 nitrogen and oxygen atoms in total. The smallest absolute Gasteiger partial charge is 0.319 e. The van der Waals surface area contributed by atoms with Crippen LogP contribution in [-0.4, -0.2) is 33.4 Å². The minimum Gasteiger partial charge on any atom is -0.371 e. The SMILES string of the molecule is Cc1ccc(NC(=O)N[C@H]2CCO[C@@H]2c2c(C)nn(C)c2C)cn1. The lowest BCUT2D eigenvalue weighted by atomic mass is 10.0. The van der Waals surface area contributed by atoms with Crippen molar-refractivity contribution in [1.29, 1.82) is 0 Å². The lowest BCUT2D eigenvalue weighted by molar-refractivity contribution is 0.0993. The number of aromatic nitrogens is 3. The number of hydrogen-bond donors (Lipinski definition) is 2. The van der Waals surface area contributed by atoms with Crippen LogP contribution in [0.4, 0.5) is 10.5 Å². The number of ether oxygens (including phenoxy) is 1. The van der Waals surface area contributed by atoms with Gasteiger partial charge in [-0.15, -0.1) is 0 Å². The Bertz CT molecular complexity index is 738. The van der Waals surface area contributed by atoms with E-state index in [4.69, 9.17) is 4.74 Å². The van der Waals surface area contributed by atoms with Crippen molar-refractivity contribution in [2.24, 2.45) is 7.05 Å². The van der Waals surface area contributed by atoms with Crippen molar-refractivity contribution in [3.8, 4) is 0 Å². The molecule has 2 amide bonds. The van der Waals surface area contributed by atoms with Crippen molar-refractivity contribution in [3.05, 3.63) is 41.0 Å². The fourth-order valence-corrected chi connectivity index (χ4v) is 3.10. The van der Waals surface area contributed by atoms with Crippen LogP contribution in [0.2, 0.25) is 0 Å². The molecule has 2 aromatic rings. The number of rotatable bonds is 3. The van der Waals surface area contributed by atoms with Crippen molar-refractivity contribution in [1.82, 2.24) is 20.1 Å². The van der Waals surface area contributed by atoms with Crippen molar-refractivity contribution in [2.75, 3.05) is 11.9 Å². The van der Waals surface area contributed by atoms with Gasteiger partial charge in [0.1, 0.15) is 6.10 Å². The van der Waals surface area contributed by atoms with Gasteiger partial charge in [0.15, 0.2) is 0 Å². The van der Waals surface area contributed by atoms with E-state index in [0.29, 0.717) is 12.3 Å². The second-order valence-corrected chi connectivity index (χ2v) is 6.18. The first-order valence-electron chi connectivity index (χ1n) is 8.07. The zero-order chi connectivity index (χ0) is 17.3. The highest BCUT2D eigenvalue weighted by molar-refractivity contribution is 5.89. The zero-order valence-corrected chi connectivity index (χ0v) is 14.5. The monoisotopic (exact) mass is 329 g/mol. The highest BCUT2D eigenvalue weighted by atomic mass is 16.5. The molecule has 1 fully saturated rings. The van der Waals surface area contributed by atoms with E-state index in [-0.39, 0.29) is 18.2 Å². The van der Waals surface area contributed by atoms with Gasteiger partial charge in [0.05, 0.1) is 23.6 Å². The molecule has 2 atom stereocenters. The van der Waals surface area contributed by atoms with Gasteiger partial charge in [-0.1, -0.05) is 0 Å². The quantitative estimate of drug-likeness (QED) is 0.906. The molecule has 2 N–H and O–H groups in total. The van der Waals surface area contributed by atoms with E-state index < -0.39 is 0 Å². The van der Waals surface area contributed by atoms with Crippen LogP contribution in [0.5, 0.6) is 0 Å². The van der Waals surface area contributed by atoms with E-state index in [2.05, 4.69) is 20.7 Å². The summed E-state index contributed by atoms with van der Waals surface area (Å²) in [6, 6.07) is 3.37. The molecule has 1 aliphatic rings. The predicted octanol–water partition coefficient (Wildman–Crippen LogP) is 2.39. The minimum absolute atomic E-state index is 0.0787. The molecule has 0 radical (unpaired) electrons. The average molecular weight is 329 g/mol. The van der Waals surface area contributed by atoms with Crippen LogP contribution in [0.25, 0.3) is 0 Å². The molecule has 0 spiro atoms. The third-order valence-corrected chi connectivity index (χ3v) is 4.43. The summed E-state index contributed by atoms with van der Waals surface area (Å²) in [6.07, 6.45) is 2.26. The van der Waals surface area contributed by atoms with Crippen molar-refractivity contribution < 1.29 is 9.53 Å². The summed E-state index contributed by atoms with van der Waals surface area (Å²) < 4.78 is 7.73. The van der Waals surface area contributed by atoms with Gasteiger partial charge in [-0.05, 0) is 39.3 Å². The average Bonchev–Trinajstić information content (AvgIpc) is 3.06. The summed E-state index contributed by atoms with van der Waals surface area (Å²) in [5.41, 5.74) is 4.65. The Morgan fingerprint density at radius 1 is 1.33 bits per heavy atom. The number of anilines is 1. The van der Waals surface area contributed by atoms with Crippen molar-refractivity contribution in [3.63, 3.8) is 0 Å². The molecule has 1 saturated heterocycles. The van der Waals surface area contributed by atoms with Crippen LogP contribution in [0.3, 0.4) is 0 Å². The fourth-order valence-electron chi connectivity index (χ4n) is 3.10. The first-order valence-corrected chi connectivity index (χ1v) is 8.07. The molecule has 0 aromatic carbocycles. The van der Waals surface area contributed by atoms with Crippen LogP contribution >= 0.6 is 0 Å². The normalized spacial score (nSPS) is 20.2. The van der Waals surface area contributed by atoms with Gasteiger partial charge in [0.2, 0.25) is 0 Å². The maximum Gasteiger partial charge on any atom is 0.319 e. The molecular formula is C17H23N5O2. The number of pyridine rings is 1. The largest absolute Gasteiger partial charge is 0.371 e. The van der Waals surface area contributed by atoms with Crippen molar-refractivity contribution in [2.45, 2.75) is 39.3 Å². The fraction of sp³-hybridized carbons (Fsp3) is 0.471. The molecule has 24 heavy (non-hydrogen) atoms. The Kier molecular flexibility index (Phi) is 4.53. The Morgan fingerprint density at radius 2 is 2.12 bits per heavy atom. The molecule has 0 saturated carbocycles. The van der Waals surface area contributed by atoms with Crippen LogP contribution in [-0.2, 0) is 11.8 Å². The molecule has 128 valence electrons. The first kappa shape index (κ1) is 16.4. The van der Waals surface area contributed by atoms with E-state index in [0.717, 1.165) is 29.1 Å². The minimum atomic E-state index is -0.250. The molecule has 0 unspecified atom stereocenters. The van der Waals surface area contributed by atoms with Crippen LogP contribution in [0, 0.1) is 20.8 Å². The number of nitrogens with one attached hydrogen (secondary N) is 2. The maximum atomic E-state index is 12.3. The topological polar surface area (TPSA) is 81.1 Å². The van der Waals surface area contributed by atoms with E-state index in [1.807, 2.05) is 44.6 Å². The molecule has 3 heterocycles. The third-order valence-electron chi connectivity index (χ3n) is 4.43. The van der Waals surface area contributed by atoms with E-state index in [9.17, 15) is 4.79 Å². The van der Waals surface area contributed by atoms with Gasteiger partial charge in [-0.2, -0.15) is 5.10 Å². The molecule has 3 rings (SSSR count). The highest BCUT2D eigenvalue weighted by Crippen LogP contribution is 2.33. The highest BCUT2D eigenvalue weighted by Gasteiger charge is 2.34. The first-order chi connectivity index (χ1) is 11.5. The number of amides is 2. The second kappa shape index (κ2) is 6.60. The number of carbonyl (C=O) groups is 1. The van der Waals surface area contributed by atoms with Crippen LogP contribution in [0.1, 0.15) is 35.2 Å². The standard InChI is InChI=1S/C17H23N5O2/c1-10-5-6-13(9-18-10)19-17(23)20-14-7-8-24-16(14)15-11(2)21-22(4)12(15)3/h5-6,9,14,16H,7-8H2,1-4H3,(H2,19,20,23)/t14-,16-/m0/s1. The van der Waals surface area contributed by atoms with Gasteiger partial charge in [0.25, 0.3) is 0 Å². The number of aryl methyl sites for hydroxylation is 3. The molecular weight excluding hydrogens is 306 g/mol. The van der Waals surface area contributed by atoms with E-state index in [1.165, 1.54) is 0 Å². The number of carbonyl (C=O) groups excluding carboxylic acids is 1. The Balaban J connectivity index is 1.69. The molecule has 1 aliphatic heterocycles.